The van der Waals surface area contributed by atoms with Gasteiger partial charge in [-0.1, -0.05) is 29.5 Å². The van der Waals surface area contributed by atoms with Gasteiger partial charge in [-0.05, 0) is 43.7 Å². The van der Waals surface area contributed by atoms with Gasteiger partial charge in [0.05, 0.1) is 12.1 Å². The van der Waals surface area contributed by atoms with Gasteiger partial charge < -0.3 is 4.90 Å². The molecule has 0 spiro atoms. The first-order chi connectivity index (χ1) is 10.3. The molecule has 0 aliphatic heterocycles. The molecular weight excluding hydrogens is 260 g/mol. The normalized spacial score (nSPS) is 11.0. The van der Waals surface area contributed by atoms with Crippen LogP contribution in [0.5, 0.6) is 0 Å². The lowest BCUT2D eigenvalue weighted by Crippen LogP contribution is -2.21. The van der Waals surface area contributed by atoms with Crippen molar-refractivity contribution >= 4 is 16.7 Å². The monoisotopic (exact) mass is 280 g/mol. The first kappa shape index (κ1) is 13.6. The van der Waals surface area contributed by atoms with E-state index in [0.717, 1.165) is 30.7 Å². The largest absolute Gasteiger partial charge is 0.372 e. The maximum Gasteiger partial charge on any atom is 0.113 e. The van der Waals surface area contributed by atoms with Gasteiger partial charge in [0, 0.05) is 18.8 Å². The highest BCUT2D eigenvalue weighted by molar-refractivity contribution is 5.73. The van der Waals surface area contributed by atoms with E-state index in [4.69, 9.17) is 0 Å². The summed E-state index contributed by atoms with van der Waals surface area (Å²) < 4.78 is 1.95. The summed E-state index contributed by atoms with van der Waals surface area (Å²) in [7, 11) is 0. The lowest BCUT2D eigenvalue weighted by atomic mass is 10.2. The van der Waals surface area contributed by atoms with Gasteiger partial charge >= 0.3 is 0 Å². The molecule has 0 radical (unpaired) electrons. The van der Waals surface area contributed by atoms with Crippen LogP contribution in [0.1, 0.15) is 19.4 Å². The SMILES string of the molecule is CCN(CC)c1ccc(Cn2nnc3ccccc32)cc1. The van der Waals surface area contributed by atoms with E-state index in [1.165, 1.54) is 11.3 Å². The van der Waals surface area contributed by atoms with Crippen molar-refractivity contribution in [2.24, 2.45) is 0 Å². The molecule has 108 valence electrons. The molecule has 1 aromatic heterocycles. The van der Waals surface area contributed by atoms with Crippen LogP contribution in [-0.2, 0) is 6.54 Å². The first-order valence-corrected chi connectivity index (χ1v) is 7.44. The van der Waals surface area contributed by atoms with Gasteiger partial charge in [-0.2, -0.15) is 0 Å². The number of hydrogen-bond donors (Lipinski definition) is 0. The molecule has 0 unspecified atom stereocenters. The third-order valence-corrected chi connectivity index (χ3v) is 3.82. The highest BCUT2D eigenvalue weighted by Crippen LogP contribution is 2.17. The molecule has 2 aromatic carbocycles. The number of anilines is 1. The van der Waals surface area contributed by atoms with Crippen LogP contribution in [-0.4, -0.2) is 28.1 Å². The smallest absolute Gasteiger partial charge is 0.113 e. The Kier molecular flexibility index (Phi) is 3.86. The highest BCUT2D eigenvalue weighted by atomic mass is 15.4. The Balaban J connectivity index is 1.82. The second kappa shape index (κ2) is 5.95. The van der Waals surface area contributed by atoms with E-state index >= 15 is 0 Å². The molecule has 0 fully saturated rings. The molecule has 0 saturated heterocycles. The summed E-state index contributed by atoms with van der Waals surface area (Å²) in [6.45, 7) is 7.17. The van der Waals surface area contributed by atoms with Gasteiger partial charge in [0.25, 0.3) is 0 Å². The first-order valence-electron chi connectivity index (χ1n) is 7.44. The van der Waals surface area contributed by atoms with Crippen LogP contribution >= 0.6 is 0 Å². The molecule has 0 amide bonds. The minimum absolute atomic E-state index is 0.749. The molecule has 21 heavy (non-hydrogen) atoms. The van der Waals surface area contributed by atoms with Crippen LogP contribution in [0.25, 0.3) is 11.0 Å². The summed E-state index contributed by atoms with van der Waals surface area (Å²) in [4.78, 5) is 2.34. The van der Waals surface area contributed by atoms with Gasteiger partial charge in [0.15, 0.2) is 0 Å². The van der Waals surface area contributed by atoms with Crippen LogP contribution in [0.3, 0.4) is 0 Å². The summed E-state index contributed by atoms with van der Waals surface area (Å²) in [6.07, 6.45) is 0. The molecule has 3 rings (SSSR count). The molecule has 0 atom stereocenters. The van der Waals surface area contributed by atoms with Gasteiger partial charge in [0.2, 0.25) is 0 Å². The van der Waals surface area contributed by atoms with Crippen molar-refractivity contribution in [3.63, 3.8) is 0 Å². The maximum atomic E-state index is 4.24. The molecule has 4 nitrogen and oxygen atoms in total. The lowest BCUT2D eigenvalue weighted by molar-refractivity contribution is 0.669. The number of para-hydroxylation sites is 1. The number of aromatic nitrogens is 3. The Morgan fingerprint density at radius 2 is 1.67 bits per heavy atom. The quantitative estimate of drug-likeness (QED) is 0.719. The maximum absolute atomic E-state index is 4.24. The third-order valence-electron chi connectivity index (χ3n) is 3.82. The van der Waals surface area contributed by atoms with Crippen molar-refractivity contribution in [3.05, 3.63) is 54.1 Å². The molecule has 0 aliphatic rings. The molecule has 4 heteroatoms. The van der Waals surface area contributed by atoms with Crippen LogP contribution in [0.4, 0.5) is 5.69 Å². The topological polar surface area (TPSA) is 34.0 Å². The Hall–Kier alpha value is -2.36. The number of benzene rings is 2. The van der Waals surface area contributed by atoms with Crippen LogP contribution in [0.15, 0.2) is 48.5 Å². The third kappa shape index (κ3) is 2.75. The van der Waals surface area contributed by atoms with E-state index in [1.807, 2.05) is 22.9 Å². The van der Waals surface area contributed by atoms with Gasteiger partial charge in [-0.25, -0.2) is 4.68 Å². The molecule has 1 heterocycles. The second-order valence-corrected chi connectivity index (χ2v) is 5.07. The van der Waals surface area contributed by atoms with E-state index in [-0.39, 0.29) is 0 Å². The Morgan fingerprint density at radius 1 is 0.952 bits per heavy atom. The average molecular weight is 280 g/mol. The van der Waals surface area contributed by atoms with E-state index in [2.05, 4.69) is 59.4 Å². The number of rotatable bonds is 5. The van der Waals surface area contributed by atoms with Crippen molar-refractivity contribution in [2.75, 3.05) is 18.0 Å². The average Bonchev–Trinajstić information content (AvgIpc) is 2.93. The zero-order valence-electron chi connectivity index (χ0n) is 12.5. The van der Waals surface area contributed by atoms with E-state index < -0.39 is 0 Å². The molecule has 0 saturated carbocycles. The van der Waals surface area contributed by atoms with E-state index in [0.29, 0.717) is 0 Å². The van der Waals surface area contributed by atoms with Gasteiger partial charge in [0.1, 0.15) is 5.52 Å². The van der Waals surface area contributed by atoms with Crippen molar-refractivity contribution in [1.82, 2.24) is 15.0 Å². The fourth-order valence-electron chi connectivity index (χ4n) is 2.61. The summed E-state index contributed by atoms with van der Waals surface area (Å²) in [6, 6.07) is 16.8. The van der Waals surface area contributed by atoms with Gasteiger partial charge in [-0.15, -0.1) is 5.10 Å². The predicted molar refractivity (Wildman–Crippen MR) is 86.6 cm³/mol. The van der Waals surface area contributed by atoms with Crippen LogP contribution in [0.2, 0.25) is 0 Å². The predicted octanol–water partition coefficient (Wildman–Crippen LogP) is 3.33. The zero-order valence-corrected chi connectivity index (χ0v) is 12.5. The Morgan fingerprint density at radius 3 is 2.38 bits per heavy atom. The van der Waals surface area contributed by atoms with E-state index in [9.17, 15) is 0 Å². The molecule has 3 aromatic rings. The van der Waals surface area contributed by atoms with Crippen LogP contribution in [0, 0.1) is 0 Å². The summed E-state index contributed by atoms with van der Waals surface area (Å²) in [5, 5.41) is 8.43. The summed E-state index contributed by atoms with van der Waals surface area (Å²) in [5.74, 6) is 0. The molecular formula is C17H20N4. The lowest BCUT2D eigenvalue weighted by Gasteiger charge is -2.21. The number of hydrogen-bond acceptors (Lipinski definition) is 3. The fraction of sp³-hybridized carbons (Fsp3) is 0.294. The Bertz CT molecular complexity index is 711. The minimum atomic E-state index is 0.749. The Labute approximate surface area is 125 Å². The summed E-state index contributed by atoms with van der Waals surface area (Å²) >= 11 is 0. The molecule has 0 aliphatic carbocycles. The standard InChI is InChI=1S/C17H20N4/c1-3-20(4-2)15-11-9-14(10-12-15)13-21-17-8-6-5-7-16(17)18-19-21/h5-12H,3-4,13H2,1-2H3. The fourth-order valence-corrected chi connectivity index (χ4v) is 2.61. The van der Waals surface area contributed by atoms with Crippen molar-refractivity contribution in [2.45, 2.75) is 20.4 Å². The van der Waals surface area contributed by atoms with Crippen molar-refractivity contribution in [1.29, 1.82) is 0 Å². The van der Waals surface area contributed by atoms with Crippen LogP contribution < -0.4 is 4.90 Å². The van der Waals surface area contributed by atoms with Gasteiger partial charge in [-0.3, -0.25) is 0 Å². The second-order valence-electron chi connectivity index (χ2n) is 5.07. The molecule has 0 bridgehead atoms. The number of fused-ring (bicyclic) bond motifs is 1. The highest BCUT2D eigenvalue weighted by Gasteiger charge is 2.05. The van der Waals surface area contributed by atoms with Crippen molar-refractivity contribution in [3.8, 4) is 0 Å². The molecule has 0 N–H and O–H groups in total. The van der Waals surface area contributed by atoms with E-state index in [1.54, 1.807) is 0 Å². The number of nitrogens with zero attached hydrogens (tertiary/aromatic N) is 4. The minimum Gasteiger partial charge on any atom is -0.372 e. The zero-order chi connectivity index (χ0) is 14.7. The summed E-state index contributed by atoms with van der Waals surface area (Å²) in [5.41, 5.74) is 4.52. The van der Waals surface area contributed by atoms with Crippen molar-refractivity contribution < 1.29 is 0 Å².